The van der Waals surface area contributed by atoms with Gasteiger partial charge in [-0.1, -0.05) is 6.07 Å². The minimum Gasteiger partial charge on any atom is -0.370 e. The summed E-state index contributed by atoms with van der Waals surface area (Å²) >= 11 is 0. The number of alkyl halides is 4. The van der Waals surface area contributed by atoms with E-state index in [0.29, 0.717) is 5.56 Å². The van der Waals surface area contributed by atoms with Gasteiger partial charge in [-0.05, 0) is 11.6 Å². The molecule has 1 heterocycles. The van der Waals surface area contributed by atoms with E-state index < -0.39 is 19.0 Å². The minimum atomic E-state index is -4.10. The van der Waals surface area contributed by atoms with Gasteiger partial charge in [-0.15, -0.1) is 0 Å². The summed E-state index contributed by atoms with van der Waals surface area (Å²) in [5, 5.41) is 0. The number of rotatable bonds is 5. The van der Waals surface area contributed by atoms with Crippen LogP contribution in [0.25, 0.3) is 0 Å². The molecule has 0 atom stereocenters. The summed E-state index contributed by atoms with van der Waals surface area (Å²) in [5.41, 5.74) is 0.558. The Balaban J connectivity index is 2.34. The molecule has 0 amide bonds. The second-order valence-electron chi connectivity index (χ2n) is 2.92. The number of aromatic nitrogens is 1. The molecule has 0 saturated heterocycles. The maximum Gasteiger partial charge on any atom is 0.330 e. The van der Waals surface area contributed by atoms with Crippen molar-refractivity contribution in [3.05, 3.63) is 30.1 Å². The molecule has 0 aliphatic rings. The normalized spacial score (nSPS) is 12.1. The Morgan fingerprint density at radius 3 is 2.67 bits per heavy atom. The first-order valence-corrected chi connectivity index (χ1v) is 4.15. The number of ether oxygens (including phenoxy) is 1. The van der Waals surface area contributed by atoms with Crippen molar-refractivity contribution in [2.75, 3.05) is 6.61 Å². The third-order valence-corrected chi connectivity index (χ3v) is 1.61. The van der Waals surface area contributed by atoms with Gasteiger partial charge < -0.3 is 4.74 Å². The molecule has 0 unspecified atom stereocenters. The lowest BCUT2D eigenvalue weighted by atomic mass is 10.3. The first-order chi connectivity index (χ1) is 7.02. The zero-order valence-electron chi connectivity index (χ0n) is 7.67. The Morgan fingerprint density at radius 1 is 1.40 bits per heavy atom. The first-order valence-electron chi connectivity index (χ1n) is 4.15. The van der Waals surface area contributed by atoms with Gasteiger partial charge in [0.15, 0.2) is 0 Å². The van der Waals surface area contributed by atoms with Crippen LogP contribution in [-0.2, 0) is 11.3 Å². The first kappa shape index (κ1) is 11.9. The van der Waals surface area contributed by atoms with Crippen LogP contribution in [-0.4, -0.2) is 23.9 Å². The van der Waals surface area contributed by atoms with Crippen molar-refractivity contribution in [1.29, 1.82) is 0 Å². The van der Waals surface area contributed by atoms with E-state index in [0.717, 1.165) is 0 Å². The molecule has 0 saturated carbocycles. The highest BCUT2D eigenvalue weighted by Gasteiger charge is 2.40. The largest absolute Gasteiger partial charge is 0.370 e. The van der Waals surface area contributed by atoms with Gasteiger partial charge in [0.2, 0.25) is 0 Å². The Kier molecular flexibility index (Phi) is 4.02. The summed E-state index contributed by atoms with van der Waals surface area (Å²) < 4.78 is 52.6. The maximum atomic E-state index is 12.4. The molecule has 1 rings (SSSR count). The number of nitrogens with zero attached hydrogens (tertiary/aromatic N) is 1. The van der Waals surface area contributed by atoms with E-state index in [-0.39, 0.29) is 6.61 Å². The number of hydrogen-bond donors (Lipinski definition) is 0. The average molecular weight is 223 g/mol. The van der Waals surface area contributed by atoms with E-state index in [1.807, 2.05) is 0 Å². The van der Waals surface area contributed by atoms with Gasteiger partial charge in [-0.2, -0.15) is 8.78 Å². The van der Waals surface area contributed by atoms with Crippen LogP contribution >= 0.6 is 0 Å². The van der Waals surface area contributed by atoms with Crippen molar-refractivity contribution in [2.24, 2.45) is 0 Å². The Labute approximate surface area is 83.9 Å². The fourth-order valence-corrected chi connectivity index (χ4v) is 0.851. The minimum absolute atomic E-state index is 0.157. The van der Waals surface area contributed by atoms with Gasteiger partial charge in [-0.3, -0.25) is 4.98 Å². The zero-order chi connectivity index (χ0) is 11.3. The summed E-state index contributed by atoms with van der Waals surface area (Å²) in [7, 11) is 0. The fourth-order valence-electron chi connectivity index (χ4n) is 0.851. The highest BCUT2D eigenvalue weighted by molar-refractivity contribution is 5.06. The smallest absolute Gasteiger partial charge is 0.330 e. The number of hydrogen-bond acceptors (Lipinski definition) is 2. The quantitative estimate of drug-likeness (QED) is 0.715. The molecule has 2 nitrogen and oxygen atoms in total. The lowest BCUT2D eigenvalue weighted by Gasteiger charge is -2.14. The van der Waals surface area contributed by atoms with E-state index in [4.69, 9.17) is 0 Å². The third kappa shape index (κ3) is 3.83. The maximum absolute atomic E-state index is 12.4. The molecule has 1 aromatic heterocycles. The van der Waals surface area contributed by atoms with E-state index in [1.54, 1.807) is 12.1 Å². The SMILES string of the molecule is FC(F)C(F)(F)COCc1cccnc1. The van der Waals surface area contributed by atoms with Crippen molar-refractivity contribution in [1.82, 2.24) is 4.98 Å². The van der Waals surface area contributed by atoms with Crippen LogP contribution in [0.15, 0.2) is 24.5 Å². The molecule has 6 heteroatoms. The standard InChI is InChI=1S/C9H9F4NO/c10-8(11)9(12,13)6-15-5-7-2-1-3-14-4-7/h1-4,8H,5-6H2. The molecule has 0 aromatic carbocycles. The summed E-state index contributed by atoms with van der Waals surface area (Å²) in [5.74, 6) is -4.10. The van der Waals surface area contributed by atoms with Crippen LogP contribution in [0.4, 0.5) is 17.6 Å². The van der Waals surface area contributed by atoms with Crippen molar-refractivity contribution < 1.29 is 22.3 Å². The molecular formula is C9H9F4NO. The molecule has 1 aromatic rings. The molecular weight excluding hydrogens is 214 g/mol. The molecule has 15 heavy (non-hydrogen) atoms. The van der Waals surface area contributed by atoms with E-state index in [9.17, 15) is 17.6 Å². The molecule has 0 N–H and O–H groups in total. The average Bonchev–Trinajstić information content (AvgIpc) is 2.19. The second-order valence-corrected chi connectivity index (χ2v) is 2.92. The Morgan fingerprint density at radius 2 is 2.13 bits per heavy atom. The zero-order valence-corrected chi connectivity index (χ0v) is 7.67. The molecule has 0 radical (unpaired) electrons. The fraction of sp³-hybridized carbons (Fsp3) is 0.444. The predicted molar refractivity (Wildman–Crippen MR) is 44.8 cm³/mol. The van der Waals surface area contributed by atoms with E-state index in [2.05, 4.69) is 9.72 Å². The molecule has 0 bridgehead atoms. The summed E-state index contributed by atoms with van der Waals surface area (Å²) in [6, 6.07) is 3.21. The highest BCUT2D eigenvalue weighted by atomic mass is 19.3. The molecule has 0 aliphatic heterocycles. The van der Waals surface area contributed by atoms with Crippen molar-refractivity contribution in [3.63, 3.8) is 0 Å². The number of halogens is 4. The third-order valence-electron chi connectivity index (χ3n) is 1.61. The van der Waals surface area contributed by atoms with Crippen LogP contribution in [0.3, 0.4) is 0 Å². The highest BCUT2D eigenvalue weighted by Crippen LogP contribution is 2.23. The molecule has 0 fully saturated rings. The molecule has 0 aliphatic carbocycles. The van der Waals surface area contributed by atoms with Crippen molar-refractivity contribution in [2.45, 2.75) is 19.0 Å². The van der Waals surface area contributed by atoms with Crippen LogP contribution < -0.4 is 0 Å². The lowest BCUT2D eigenvalue weighted by molar-refractivity contribution is -0.168. The summed E-state index contributed by atoms with van der Waals surface area (Å²) in [4.78, 5) is 3.72. The Hall–Kier alpha value is -1.17. The van der Waals surface area contributed by atoms with Crippen LogP contribution in [0.1, 0.15) is 5.56 Å². The van der Waals surface area contributed by atoms with Gasteiger partial charge in [0.25, 0.3) is 0 Å². The van der Waals surface area contributed by atoms with Gasteiger partial charge in [0.1, 0.15) is 6.61 Å². The summed E-state index contributed by atoms with van der Waals surface area (Å²) in [6.45, 7) is -1.45. The lowest BCUT2D eigenvalue weighted by Crippen LogP contribution is -2.32. The van der Waals surface area contributed by atoms with Crippen LogP contribution in [0.2, 0.25) is 0 Å². The van der Waals surface area contributed by atoms with Gasteiger partial charge in [-0.25, -0.2) is 8.78 Å². The monoisotopic (exact) mass is 223 g/mol. The topological polar surface area (TPSA) is 22.1 Å². The van der Waals surface area contributed by atoms with Gasteiger partial charge in [0, 0.05) is 12.4 Å². The molecule has 84 valence electrons. The summed E-state index contributed by atoms with van der Waals surface area (Å²) in [6.07, 6.45) is -0.774. The van der Waals surface area contributed by atoms with E-state index in [1.165, 1.54) is 12.4 Å². The van der Waals surface area contributed by atoms with Crippen molar-refractivity contribution in [3.8, 4) is 0 Å². The molecule has 0 spiro atoms. The van der Waals surface area contributed by atoms with Gasteiger partial charge >= 0.3 is 12.3 Å². The van der Waals surface area contributed by atoms with Crippen LogP contribution in [0.5, 0.6) is 0 Å². The second kappa shape index (κ2) is 5.06. The van der Waals surface area contributed by atoms with E-state index >= 15 is 0 Å². The predicted octanol–water partition coefficient (Wildman–Crippen LogP) is 2.50. The number of pyridine rings is 1. The Bertz CT molecular complexity index is 291. The van der Waals surface area contributed by atoms with Crippen LogP contribution in [0, 0.1) is 0 Å². The van der Waals surface area contributed by atoms with Gasteiger partial charge in [0.05, 0.1) is 6.61 Å². The van der Waals surface area contributed by atoms with Crippen molar-refractivity contribution >= 4 is 0 Å².